The second-order valence-corrected chi connectivity index (χ2v) is 5.54. The number of aliphatic hydroxyl groups excluding tert-OH is 1. The Kier molecular flexibility index (Phi) is 4.60. The molecule has 110 valence electrons. The highest BCUT2D eigenvalue weighted by Crippen LogP contribution is 2.36. The van der Waals surface area contributed by atoms with E-state index >= 15 is 0 Å². The normalized spacial score (nSPS) is 17.7. The molecule has 5 heteroatoms. The second-order valence-electron chi connectivity index (χ2n) is 5.54. The van der Waals surface area contributed by atoms with E-state index in [1.54, 1.807) is 0 Å². The lowest BCUT2D eigenvalue weighted by atomic mass is 9.74. The van der Waals surface area contributed by atoms with Gasteiger partial charge < -0.3 is 15.5 Å². The molecule has 0 aromatic heterocycles. The summed E-state index contributed by atoms with van der Waals surface area (Å²) >= 11 is 0. The molecule has 0 spiro atoms. The Morgan fingerprint density at radius 1 is 1.30 bits per heavy atom. The molecule has 0 saturated heterocycles. The first-order chi connectivity index (χ1) is 9.58. The minimum Gasteiger partial charge on any atom is -0.478 e. The first-order valence-corrected chi connectivity index (χ1v) is 6.94. The zero-order valence-corrected chi connectivity index (χ0v) is 11.4. The van der Waals surface area contributed by atoms with E-state index in [-0.39, 0.29) is 23.3 Å². The number of carboxylic acid groups (broad SMARTS) is 1. The molecule has 0 aliphatic heterocycles. The monoisotopic (exact) mass is 281 g/mol. The van der Waals surface area contributed by atoms with E-state index in [9.17, 15) is 14.3 Å². The van der Waals surface area contributed by atoms with E-state index in [1.165, 1.54) is 18.2 Å². The summed E-state index contributed by atoms with van der Waals surface area (Å²) < 4.78 is 13.8. The molecule has 4 nitrogen and oxygen atoms in total. The summed E-state index contributed by atoms with van der Waals surface area (Å²) in [6, 6.07) is 3.99. The van der Waals surface area contributed by atoms with Crippen molar-refractivity contribution in [2.24, 2.45) is 5.41 Å². The van der Waals surface area contributed by atoms with Crippen molar-refractivity contribution in [3.8, 4) is 0 Å². The molecule has 0 atom stereocenters. The third-order valence-corrected chi connectivity index (χ3v) is 4.13. The van der Waals surface area contributed by atoms with Crippen molar-refractivity contribution in [2.75, 3.05) is 18.5 Å². The van der Waals surface area contributed by atoms with Crippen LogP contribution in [0.3, 0.4) is 0 Å². The third kappa shape index (κ3) is 3.10. The second kappa shape index (κ2) is 6.22. The number of aromatic carboxylic acids is 1. The van der Waals surface area contributed by atoms with Crippen LogP contribution in [0.25, 0.3) is 0 Å². The van der Waals surface area contributed by atoms with Gasteiger partial charge in [0.05, 0.1) is 17.9 Å². The molecule has 1 aromatic rings. The molecule has 20 heavy (non-hydrogen) atoms. The van der Waals surface area contributed by atoms with Gasteiger partial charge in [-0.2, -0.15) is 0 Å². The fraction of sp³-hybridized carbons (Fsp3) is 0.533. The number of halogens is 1. The number of aliphatic hydroxyl groups is 1. The van der Waals surface area contributed by atoms with E-state index in [0.717, 1.165) is 32.1 Å². The van der Waals surface area contributed by atoms with Gasteiger partial charge in [-0.25, -0.2) is 9.18 Å². The van der Waals surface area contributed by atoms with Gasteiger partial charge in [0.2, 0.25) is 0 Å². The lowest BCUT2D eigenvalue weighted by molar-refractivity contribution is 0.0697. The molecule has 3 N–H and O–H groups in total. The fourth-order valence-corrected chi connectivity index (χ4v) is 2.85. The van der Waals surface area contributed by atoms with Crippen molar-refractivity contribution in [3.05, 3.63) is 29.6 Å². The smallest absolute Gasteiger partial charge is 0.337 e. The third-order valence-electron chi connectivity index (χ3n) is 4.13. The van der Waals surface area contributed by atoms with Crippen LogP contribution in [0.4, 0.5) is 10.1 Å². The Balaban J connectivity index is 2.15. The summed E-state index contributed by atoms with van der Waals surface area (Å²) in [4.78, 5) is 11.1. The molecule has 2 rings (SSSR count). The van der Waals surface area contributed by atoms with Crippen molar-refractivity contribution >= 4 is 11.7 Å². The SMILES string of the molecule is O=C(O)c1cccc(F)c1NCC1(CO)CCCCC1. The van der Waals surface area contributed by atoms with Gasteiger partial charge in [0.15, 0.2) is 0 Å². The Morgan fingerprint density at radius 2 is 2.00 bits per heavy atom. The van der Waals surface area contributed by atoms with Gasteiger partial charge in [-0.15, -0.1) is 0 Å². The number of carbonyl (C=O) groups is 1. The van der Waals surface area contributed by atoms with Crippen LogP contribution in [0.2, 0.25) is 0 Å². The minimum atomic E-state index is -1.16. The Bertz CT molecular complexity index is 484. The molecule has 0 bridgehead atoms. The summed E-state index contributed by atoms with van der Waals surface area (Å²) in [6.07, 6.45) is 5.01. The highest BCUT2D eigenvalue weighted by Gasteiger charge is 2.31. The van der Waals surface area contributed by atoms with Crippen LogP contribution in [-0.4, -0.2) is 29.3 Å². The Labute approximate surface area is 117 Å². The minimum absolute atomic E-state index is 0.0124. The van der Waals surface area contributed by atoms with Crippen molar-refractivity contribution in [1.82, 2.24) is 0 Å². The fourth-order valence-electron chi connectivity index (χ4n) is 2.85. The van der Waals surface area contributed by atoms with E-state index in [4.69, 9.17) is 5.11 Å². The first-order valence-electron chi connectivity index (χ1n) is 6.94. The average molecular weight is 281 g/mol. The topological polar surface area (TPSA) is 69.6 Å². The van der Waals surface area contributed by atoms with E-state index < -0.39 is 11.8 Å². The van der Waals surface area contributed by atoms with Crippen LogP contribution in [0.1, 0.15) is 42.5 Å². The van der Waals surface area contributed by atoms with Crippen LogP contribution >= 0.6 is 0 Å². The zero-order valence-electron chi connectivity index (χ0n) is 11.4. The molecule has 1 aliphatic carbocycles. The van der Waals surface area contributed by atoms with Crippen molar-refractivity contribution < 1.29 is 19.4 Å². The number of benzene rings is 1. The van der Waals surface area contributed by atoms with Crippen LogP contribution in [-0.2, 0) is 0 Å². The Hall–Kier alpha value is -1.62. The summed E-state index contributed by atoms with van der Waals surface area (Å²) in [5.74, 6) is -1.73. The summed E-state index contributed by atoms with van der Waals surface area (Å²) in [6.45, 7) is 0.432. The van der Waals surface area contributed by atoms with Crippen molar-refractivity contribution in [2.45, 2.75) is 32.1 Å². The average Bonchev–Trinajstić information content (AvgIpc) is 2.46. The van der Waals surface area contributed by atoms with Gasteiger partial charge in [0.1, 0.15) is 5.82 Å². The van der Waals surface area contributed by atoms with Gasteiger partial charge in [-0.05, 0) is 25.0 Å². The zero-order chi connectivity index (χ0) is 14.6. The number of hydrogen-bond donors (Lipinski definition) is 3. The number of rotatable bonds is 5. The maximum Gasteiger partial charge on any atom is 0.337 e. The van der Waals surface area contributed by atoms with Gasteiger partial charge in [0, 0.05) is 12.0 Å². The molecule has 1 aliphatic rings. The highest BCUT2D eigenvalue weighted by atomic mass is 19.1. The molecule has 0 radical (unpaired) electrons. The summed E-state index contributed by atoms with van der Waals surface area (Å²) in [5.41, 5.74) is -0.330. The number of anilines is 1. The van der Waals surface area contributed by atoms with Crippen LogP contribution < -0.4 is 5.32 Å². The molecule has 1 fully saturated rings. The van der Waals surface area contributed by atoms with Crippen molar-refractivity contribution in [1.29, 1.82) is 0 Å². The molecular formula is C15H20FNO3. The Morgan fingerprint density at radius 3 is 2.60 bits per heavy atom. The van der Waals surface area contributed by atoms with E-state index in [2.05, 4.69) is 5.32 Å². The van der Waals surface area contributed by atoms with E-state index in [1.807, 2.05) is 0 Å². The van der Waals surface area contributed by atoms with Crippen LogP contribution in [0.15, 0.2) is 18.2 Å². The molecule has 0 heterocycles. The number of nitrogens with one attached hydrogen (secondary N) is 1. The lowest BCUT2D eigenvalue weighted by Crippen LogP contribution is -2.36. The standard InChI is InChI=1S/C15H20FNO3/c16-12-6-4-5-11(14(19)20)13(12)17-9-15(10-18)7-2-1-3-8-15/h4-6,17-18H,1-3,7-10H2,(H,19,20). The quantitative estimate of drug-likeness (QED) is 0.776. The number of para-hydroxylation sites is 1. The molecule has 0 unspecified atom stereocenters. The number of hydrogen-bond acceptors (Lipinski definition) is 3. The predicted octanol–water partition coefficient (Wildman–Crippen LogP) is 2.88. The lowest BCUT2D eigenvalue weighted by Gasteiger charge is -2.36. The van der Waals surface area contributed by atoms with Crippen LogP contribution in [0, 0.1) is 11.2 Å². The van der Waals surface area contributed by atoms with Crippen LogP contribution in [0.5, 0.6) is 0 Å². The largest absolute Gasteiger partial charge is 0.478 e. The maximum absolute atomic E-state index is 13.8. The van der Waals surface area contributed by atoms with Gasteiger partial charge in [0.25, 0.3) is 0 Å². The molecule has 0 amide bonds. The molecule has 1 saturated carbocycles. The van der Waals surface area contributed by atoms with Crippen molar-refractivity contribution in [3.63, 3.8) is 0 Å². The summed E-state index contributed by atoms with van der Waals surface area (Å²) in [7, 11) is 0. The maximum atomic E-state index is 13.8. The van der Waals surface area contributed by atoms with Gasteiger partial charge in [-0.3, -0.25) is 0 Å². The first kappa shape index (κ1) is 14.8. The highest BCUT2D eigenvalue weighted by molar-refractivity contribution is 5.94. The molecular weight excluding hydrogens is 261 g/mol. The predicted molar refractivity (Wildman–Crippen MR) is 74.5 cm³/mol. The van der Waals surface area contributed by atoms with Gasteiger partial charge >= 0.3 is 5.97 Å². The van der Waals surface area contributed by atoms with E-state index in [0.29, 0.717) is 6.54 Å². The summed E-state index contributed by atoms with van der Waals surface area (Å²) in [5, 5.41) is 21.6. The molecule has 1 aromatic carbocycles. The van der Waals surface area contributed by atoms with Gasteiger partial charge in [-0.1, -0.05) is 25.3 Å². The number of carboxylic acids is 1.